The number of nitrogens with two attached hydrogens (primary N) is 1. The summed E-state index contributed by atoms with van der Waals surface area (Å²) < 4.78 is 28.6. The highest BCUT2D eigenvalue weighted by atomic mass is 19.1. The summed E-state index contributed by atoms with van der Waals surface area (Å²) in [7, 11) is 0. The Morgan fingerprint density at radius 1 is 0.884 bits per heavy atom. The summed E-state index contributed by atoms with van der Waals surface area (Å²) in [6.07, 6.45) is 10.4. The van der Waals surface area contributed by atoms with Gasteiger partial charge in [-0.2, -0.15) is 5.10 Å². The molecule has 0 spiro atoms. The monoisotopic (exact) mass is 946 g/mol. The van der Waals surface area contributed by atoms with Crippen LogP contribution >= 0.6 is 0 Å². The van der Waals surface area contributed by atoms with E-state index in [9.17, 15) is 19.2 Å². The Morgan fingerprint density at radius 3 is 2.29 bits per heavy atom. The van der Waals surface area contributed by atoms with Crippen molar-refractivity contribution in [2.75, 3.05) is 81.5 Å². The summed E-state index contributed by atoms with van der Waals surface area (Å²) in [6, 6.07) is 4.35. The second-order valence-corrected chi connectivity index (χ2v) is 20.0. The van der Waals surface area contributed by atoms with Gasteiger partial charge in [-0.25, -0.2) is 33.8 Å². The van der Waals surface area contributed by atoms with Crippen LogP contribution in [0.15, 0.2) is 41.4 Å². The number of hydrogen-bond acceptors (Lipinski definition) is 16. The van der Waals surface area contributed by atoms with Crippen LogP contribution in [0.25, 0.3) is 33.8 Å². The van der Waals surface area contributed by atoms with Gasteiger partial charge in [-0.05, 0) is 101 Å². The van der Waals surface area contributed by atoms with Gasteiger partial charge in [0.05, 0.1) is 22.2 Å². The first-order valence-electron chi connectivity index (χ1n) is 24.2. The number of benzene rings is 1. The molecule has 1 atom stereocenters. The molecule has 0 radical (unpaired) electrons. The molecule has 5 aromatic rings. The second kappa shape index (κ2) is 19.0. The zero-order valence-corrected chi connectivity index (χ0v) is 39.3. The number of halogens is 1. The van der Waals surface area contributed by atoms with E-state index in [0.717, 1.165) is 56.6 Å². The van der Waals surface area contributed by atoms with E-state index >= 15 is 4.39 Å². The molecule has 364 valence electrons. The van der Waals surface area contributed by atoms with Crippen molar-refractivity contribution < 1.29 is 32.8 Å². The summed E-state index contributed by atoms with van der Waals surface area (Å²) in [6.45, 7) is 11.9. The number of carbonyl (C=O) groups is 4. The fourth-order valence-electron chi connectivity index (χ4n) is 10.1. The summed E-state index contributed by atoms with van der Waals surface area (Å²) in [5.74, 6) is 1.08. The lowest BCUT2D eigenvalue weighted by Gasteiger charge is -2.39. The van der Waals surface area contributed by atoms with Crippen LogP contribution in [0, 0.1) is 11.7 Å². The zero-order chi connectivity index (χ0) is 48.0. The maximum atomic E-state index is 15.2. The SMILES string of the molecule is CC(C)(C)n1nc(-c2noc(C3CC3)c2-c2ncc(C3CCN(C(=O)OCC(=O)N4CCC(CN5CCN(c6ccc(NC7CCC(=O)NC7=O)cc6F)CC5)CC4)CC3)cn2)c2c(N)ncnc21. The molecular formula is C48H59FN14O6. The number of nitrogen functional groups attached to an aromatic ring is 1. The topological polar surface area (TPSA) is 236 Å². The minimum Gasteiger partial charge on any atom is -0.439 e. The van der Waals surface area contributed by atoms with Crippen LogP contribution in [-0.4, -0.2) is 145 Å². The molecule has 4 aliphatic heterocycles. The number of rotatable bonds is 11. The Morgan fingerprint density at radius 2 is 1.61 bits per heavy atom. The molecule has 5 aliphatic rings. The first-order valence-corrected chi connectivity index (χ1v) is 24.2. The van der Waals surface area contributed by atoms with E-state index in [1.165, 1.54) is 12.4 Å². The fourth-order valence-corrected chi connectivity index (χ4v) is 10.1. The second-order valence-electron chi connectivity index (χ2n) is 20.0. The van der Waals surface area contributed by atoms with Gasteiger partial charge in [-0.1, -0.05) is 5.16 Å². The molecule has 1 aliphatic carbocycles. The van der Waals surface area contributed by atoms with Crippen molar-refractivity contribution in [3.8, 4) is 22.8 Å². The lowest BCUT2D eigenvalue weighted by molar-refractivity contribution is -0.136. The number of aromatic nitrogens is 7. The number of fused-ring (bicyclic) bond motifs is 1. The average Bonchev–Trinajstić information content (AvgIpc) is 3.96. The van der Waals surface area contributed by atoms with E-state index in [4.69, 9.17) is 30.1 Å². The normalized spacial score (nSPS) is 20.1. The summed E-state index contributed by atoms with van der Waals surface area (Å²) in [4.78, 5) is 76.2. The third-order valence-corrected chi connectivity index (χ3v) is 14.2. The van der Waals surface area contributed by atoms with Gasteiger partial charge in [0.1, 0.15) is 35.4 Å². The molecule has 0 bridgehead atoms. The Labute approximate surface area is 398 Å². The zero-order valence-electron chi connectivity index (χ0n) is 39.3. The molecule has 21 heteroatoms. The number of nitrogens with one attached hydrogen (secondary N) is 2. The number of carbonyl (C=O) groups excluding carboxylic acids is 4. The van der Waals surface area contributed by atoms with Gasteiger partial charge in [0.25, 0.3) is 5.91 Å². The number of anilines is 3. The van der Waals surface area contributed by atoms with Crippen LogP contribution < -0.4 is 21.3 Å². The number of hydrogen-bond donors (Lipinski definition) is 3. The fraction of sp³-hybridized carbons (Fsp3) is 0.542. The molecule has 4 aromatic heterocycles. The highest BCUT2D eigenvalue weighted by Gasteiger charge is 2.37. The first kappa shape index (κ1) is 46.0. The molecule has 5 fully saturated rings. The summed E-state index contributed by atoms with van der Waals surface area (Å²) in [5, 5.41) is 15.4. The van der Waals surface area contributed by atoms with Crippen molar-refractivity contribution in [2.45, 2.75) is 95.6 Å². The van der Waals surface area contributed by atoms with Gasteiger partial charge >= 0.3 is 6.09 Å². The molecule has 1 unspecified atom stereocenters. The van der Waals surface area contributed by atoms with Crippen molar-refractivity contribution >= 4 is 52.0 Å². The van der Waals surface area contributed by atoms with E-state index in [-0.39, 0.29) is 42.5 Å². The molecule has 4 saturated heterocycles. The molecule has 4 N–H and O–H groups in total. The van der Waals surface area contributed by atoms with Gasteiger partial charge < -0.3 is 35.0 Å². The largest absolute Gasteiger partial charge is 0.439 e. The van der Waals surface area contributed by atoms with Gasteiger partial charge in [-0.3, -0.25) is 24.6 Å². The molecule has 4 amide bonds. The lowest BCUT2D eigenvalue weighted by atomic mass is 9.91. The summed E-state index contributed by atoms with van der Waals surface area (Å²) in [5.41, 5.74) is 10.3. The smallest absolute Gasteiger partial charge is 0.410 e. The standard InChI is InChI=1S/C48H59FN14O6/c1-48(2,3)63-45-39(43(50)53-27-54-45)40(57-63)41-38(42(69-58-41)30-4-5-30)44-51-23-31(24-52-44)29-12-16-62(17-13-29)47(67)68-26-37(65)61-14-10-28(11-15-61)25-59-18-20-60(21-19-59)35-8-6-32(22-33(35)49)55-34-7-9-36(64)56-46(34)66/h6,8,22-24,27-30,34,55H,4-5,7,9-21,25-26H2,1-3H3,(H2,50,53,54)(H,56,64,66). The minimum absolute atomic E-state index is 0.140. The van der Waals surface area contributed by atoms with Gasteiger partial charge in [-0.15, -0.1) is 0 Å². The number of imide groups is 1. The molecule has 10 rings (SSSR count). The Kier molecular flexibility index (Phi) is 12.6. The van der Waals surface area contributed by atoms with E-state index in [0.29, 0.717) is 115 Å². The van der Waals surface area contributed by atoms with E-state index < -0.39 is 23.6 Å². The third-order valence-electron chi connectivity index (χ3n) is 14.2. The number of amides is 4. The van der Waals surface area contributed by atoms with Crippen LogP contribution in [0.4, 0.5) is 26.4 Å². The lowest BCUT2D eigenvalue weighted by Crippen LogP contribution is -2.49. The van der Waals surface area contributed by atoms with Crippen molar-refractivity contribution in [3.63, 3.8) is 0 Å². The van der Waals surface area contributed by atoms with Crippen LogP contribution in [0.3, 0.4) is 0 Å². The van der Waals surface area contributed by atoms with Crippen molar-refractivity contribution in [1.29, 1.82) is 0 Å². The number of likely N-dealkylation sites (tertiary alicyclic amines) is 2. The molecular weight excluding hydrogens is 888 g/mol. The number of piperidine rings is 3. The first-order chi connectivity index (χ1) is 33.3. The molecule has 69 heavy (non-hydrogen) atoms. The highest BCUT2D eigenvalue weighted by Crippen LogP contribution is 2.48. The van der Waals surface area contributed by atoms with E-state index in [1.54, 1.807) is 21.9 Å². The molecule has 8 heterocycles. The van der Waals surface area contributed by atoms with Gasteiger partial charge in [0.2, 0.25) is 11.8 Å². The third kappa shape index (κ3) is 9.78. The van der Waals surface area contributed by atoms with Crippen molar-refractivity contribution in [1.82, 2.24) is 54.9 Å². The number of piperazine rings is 1. The molecule has 20 nitrogen and oxygen atoms in total. The van der Waals surface area contributed by atoms with E-state index in [1.807, 2.05) is 42.7 Å². The maximum absolute atomic E-state index is 15.2. The number of ether oxygens (including phenoxy) is 1. The van der Waals surface area contributed by atoms with Crippen LogP contribution in [0.2, 0.25) is 0 Å². The Bertz CT molecular complexity index is 2730. The summed E-state index contributed by atoms with van der Waals surface area (Å²) >= 11 is 0. The maximum Gasteiger partial charge on any atom is 0.410 e. The molecule has 1 aromatic carbocycles. The van der Waals surface area contributed by atoms with Crippen LogP contribution in [0.5, 0.6) is 0 Å². The van der Waals surface area contributed by atoms with Crippen LogP contribution in [-0.2, 0) is 24.7 Å². The Hall–Kier alpha value is -6.77. The minimum atomic E-state index is -0.573. The molecule has 1 saturated carbocycles. The average molecular weight is 947 g/mol. The predicted molar refractivity (Wildman–Crippen MR) is 252 cm³/mol. The number of nitrogens with zero attached hydrogens (tertiary/aromatic N) is 11. The quantitative estimate of drug-likeness (QED) is 0.150. The highest BCUT2D eigenvalue weighted by molar-refractivity contribution is 6.02. The predicted octanol–water partition coefficient (Wildman–Crippen LogP) is 4.89. The van der Waals surface area contributed by atoms with Crippen molar-refractivity contribution in [3.05, 3.63) is 54.1 Å². The van der Waals surface area contributed by atoms with E-state index in [2.05, 4.69) is 30.7 Å². The van der Waals surface area contributed by atoms with Gasteiger partial charge in [0, 0.05) is 89.3 Å². The van der Waals surface area contributed by atoms with Gasteiger partial charge in [0.15, 0.2) is 23.8 Å². The van der Waals surface area contributed by atoms with Crippen LogP contribution in [0.1, 0.15) is 95.3 Å². The van der Waals surface area contributed by atoms with Crippen molar-refractivity contribution in [2.24, 2.45) is 5.92 Å². The Balaban J connectivity index is 0.663.